The Balaban J connectivity index is 2.14. The maximum atomic E-state index is 10.4. The summed E-state index contributed by atoms with van der Waals surface area (Å²) in [6, 6.07) is 5.57. The molecule has 0 atom stereocenters. The summed E-state index contributed by atoms with van der Waals surface area (Å²) in [6.07, 6.45) is 1.46. The van der Waals surface area contributed by atoms with Crippen LogP contribution in [0.2, 0.25) is 0 Å². The first-order valence-corrected chi connectivity index (χ1v) is 5.72. The number of hydrogen-bond acceptors (Lipinski definition) is 3. The fraction of sp³-hybridized carbons (Fsp3) is 0.100. The first-order chi connectivity index (χ1) is 6.78. The van der Waals surface area contributed by atoms with Gasteiger partial charge in [-0.2, -0.15) is 0 Å². The molecular weight excluding hydrogens is 264 g/mol. The molecule has 0 spiro atoms. The number of aldehydes is 1. The quantitative estimate of drug-likeness (QED) is 0.800. The fourth-order valence-corrected chi connectivity index (χ4v) is 2.63. The molecule has 4 heteroatoms. The zero-order valence-electron chi connectivity index (χ0n) is 7.20. The molecule has 0 saturated carbocycles. The van der Waals surface area contributed by atoms with Crippen molar-refractivity contribution >= 4 is 33.6 Å². The normalized spacial score (nSPS) is 10.4. The summed E-state index contributed by atoms with van der Waals surface area (Å²) in [4.78, 5) is 11.6. The highest BCUT2D eigenvalue weighted by atomic mass is 79.9. The van der Waals surface area contributed by atoms with Gasteiger partial charge in [0.15, 0.2) is 12.0 Å². The zero-order valence-corrected chi connectivity index (χ0v) is 9.60. The molecule has 2 heterocycles. The molecule has 0 unspecified atom stereocenters. The summed E-state index contributed by atoms with van der Waals surface area (Å²) in [5.41, 5.74) is 0. The number of halogens is 1. The van der Waals surface area contributed by atoms with Crippen LogP contribution in [0, 0.1) is 0 Å². The van der Waals surface area contributed by atoms with Gasteiger partial charge in [-0.25, -0.2) is 0 Å². The molecule has 0 fully saturated rings. The fourth-order valence-electron chi connectivity index (χ4n) is 1.17. The molecule has 0 aromatic carbocycles. The Labute approximate surface area is 93.7 Å². The molecule has 0 saturated heterocycles. The van der Waals surface area contributed by atoms with Crippen LogP contribution in [-0.4, -0.2) is 6.29 Å². The second kappa shape index (κ2) is 4.11. The molecule has 2 nitrogen and oxygen atoms in total. The van der Waals surface area contributed by atoms with Gasteiger partial charge in [-0.3, -0.25) is 4.79 Å². The van der Waals surface area contributed by atoms with Crippen LogP contribution < -0.4 is 0 Å². The Hall–Kier alpha value is -0.870. The Kier molecular flexibility index (Phi) is 2.84. The van der Waals surface area contributed by atoms with Gasteiger partial charge in [0.1, 0.15) is 5.76 Å². The van der Waals surface area contributed by atoms with Crippen LogP contribution >= 0.6 is 27.3 Å². The van der Waals surface area contributed by atoms with Crippen LogP contribution in [0.5, 0.6) is 0 Å². The van der Waals surface area contributed by atoms with E-state index in [9.17, 15) is 4.79 Å². The van der Waals surface area contributed by atoms with Crippen LogP contribution in [0.4, 0.5) is 0 Å². The molecule has 0 aliphatic heterocycles. The molecule has 14 heavy (non-hydrogen) atoms. The van der Waals surface area contributed by atoms with Gasteiger partial charge >= 0.3 is 0 Å². The Morgan fingerprint density at radius 3 is 2.93 bits per heavy atom. The summed E-state index contributed by atoms with van der Waals surface area (Å²) < 4.78 is 6.35. The minimum absolute atomic E-state index is 0.385. The molecule has 0 N–H and O–H groups in total. The van der Waals surface area contributed by atoms with E-state index in [4.69, 9.17) is 4.42 Å². The van der Waals surface area contributed by atoms with E-state index in [1.54, 1.807) is 17.4 Å². The molecule has 2 aromatic rings. The van der Waals surface area contributed by atoms with Crippen molar-refractivity contribution in [3.05, 3.63) is 44.4 Å². The molecule has 0 aliphatic rings. The van der Waals surface area contributed by atoms with E-state index in [0.29, 0.717) is 12.0 Å². The lowest BCUT2D eigenvalue weighted by molar-refractivity contribution is 0.109. The summed E-state index contributed by atoms with van der Waals surface area (Å²) in [5.74, 6) is 1.21. The maximum Gasteiger partial charge on any atom is 0.185 e. The average Bonchev–Trinajstić information content (AvgIpc) is 2.76. The third kappa shape index (κ3) is 2.13. The highest BCUT2D eigenvalue weighted by Gasteiger charge is 2.04. The van der Waals surface area contributed by atoms with Crippen LogP contribution in [-0.2, 0) is 6.42 Å². The zero-order chi connectivity index (χ0) is 9.97. The van der Waals surface area contributed by atoms with E-state index in [1.807, 2.05) is 17.5 Å². The van der Waals surface area contributed by atoms with Gasteiger partial charge in [0.05, 0.1) is 0 Å². The minimum atomic E-state index is 0.385. The van der Waals surface area contributed by atoms with E-state index < -0.39 is 0 Å². The number of carbonyl (C=O) groups is 1. The molecule has 2 rings (SSSR count). The van der Waals surface area contributed by atoms with Gasteiger partial charge in [-0.15, -0.1) is 11.3 Å². The summed E-state index contributed by atoms with van der Waals surface area (Å²) in [6.45, 7) is 0. The van der Waals surface area contributed by atoms with E-state index in [-0.39, 0.29) is 0 Å². The second-order valence-electron chi connectivity index (χ2n) is 2.83. The number of furan rings is 1. The third-order valence-corrected chi connectivity index (χ3v) is 3.47. The van der Waals surface area contributed by atoms with Crippen LogP contribution in [0.25, 0.3) is 0 Å². The topological polar surface area (TPSA) is 30.2 Å². The lowest BCUT2D eigenvalue weighted by Gasteiger charge is -1.91. The lowest BCUT2D eigenvalue weighted by Crippen LogP contribution is -1.79. The van der Waals surface area contributed by atoms with Gasteiger partial charge in [0.2, 0.25) is 0 Å². The Bertz CT molecular complexity index is 444. The van der Waals surface area contributed by atoms with Crippen molar-refractivity contribution in [3.8, 4) is 0 Å². The second-order valence-corrected chi connectivity index (χ2v) is 4.74. The maximum absolute atomic E-state index is 10.4. The van der Waals surface area contributed by atoms with Gasteiger partial charge in [0.25, 0.3) is 0 Å². The van der Waals surface area contributed by atoms with E-state index >= 15 is 0 Å². The van der Waals surface area contributed by atoms with Crippen molar-refractivity contribution in [1.29, 1.82) is 0 Å². The number of hydrogen-bond donors (Lipinski definition) is 0. The number of rotatable bonds is 3. The van der Waals surface area contributed by atoms with Crippen molar-refractivity contribution in [3.63, 3.8) is 0 Å². The largest absolute Gasteiger partial charge is 0.458 e. The predicted molar refractivity (Wildman–Crippen MR) is 58.9 cm³/mol. The summed E-state index contributed by atoms with van der Waals surface area (Å²) in [5, 5.41) is 2.03. The SMILES string of the molecule is O=Cc1ccc(Cc2cc(Br)cs2)o1. The molecular formula is C10H7BrO2S. The van der Waals surface area contributed by atoms with Crippen molar-refractivity contribution < 1.29 is 9.21 Å². The molecule has 0 bridgehead atoms. The Morgan fingerprint density at radius 2 is 2.36 bits per heavy atom. The van der Waals surface area contributed by atoms with Gasteiger partial charge in [-0.1, -0.05) is 0 Å². The van der Waals surface area contributed by atoms with Crippen molar-refractivity contribution in [2.45, 2.75) is 6.42 Å². The molecule has 0 radical (unpaired) electrons. The monoisotopic (exact) mass is 270 g/mol. The average molecular weight is 271 g/mol. The van der Waals surface area contributed by atoms with E-state index in [1.165, 1.54) is 4.88 Å². The van der Waals surface area contributed by atoms with Crippen molar-refractivity contribution in [2.24, 2.45) is 0 Å². The number of thiophene rings is 1. The summed E-state index contributed by atoms with van der Waals surface area (Å²) in [7, 11) is 0. The van der Waals surface area contributed by atoms with E-state index in [2.05, 4.69) is 15.9 Å². The lowest BCUT2D eigenvalue weighted by atomic mass is 10.3. The highest BCUT2D eigenvalue weighted by molar-refractivity contribution is 9.10. The minimum Gasteiger partial charge on any atom is -0.458 e. The molecule has 0 amide bonds. The van der Waals surface area contributed by atoms with E-state index in [0.717, 1.165) is 16.7 Å². The van der Waals surface area contributed by atoms with Gasteiger partial charge < -0.3 is 4.42 Å². The summed E-state index contributed by atoms with van der Waals surface area (Å²) >= 11 is 5.05. The van der Waals surface area contributed by atoms with Gasteiger partial charge in [-0.05, 0) is 34.1 Å². The number of carbonyl (C=O) groups excluding carboxylic acids is 1. The van der Waals surface area contributed by atoms with Crippen LogP contribution in [0.3, 0.4) is 0 Å². The molecule has 72 valence electrons. The third-order valence-electron chi connectivity index (χ3n) is 1.77. The highest BCUT2D eigenvalue weighted by Crippen LogP contribution is 2.22. The molecule has 0 aliphatic carbocycles. The Morgan fingerprint density at radius 1 is 1.50 bits per heavy atom. The molecule has 2 aromatic heterocycles. The van der Waals surface area contributed by atoms with Gasteiger partial charge in [0, 0.05) is 21.2 Å². The van der Waals surface area contributed by atoms with Crippen molar-refractivity contribution in [2.75, 3.05) is 0 Å². The standard InChI is InChI=1S/C10H7BrO2S/c11-7-3-10(14-6-7)4-8-1-2-9(5-12)13-8/h1-3,5-6H,4H2. The van der Waals surface area contributed by atoms with Crippen LogP contribution in [0.1, 0.15) is 21.2 Å². The first-order valence-electron chi connectivity index (χ1n) is 4.05. The van der Waals surface area contributed by atoms with Crippen LogP contribution in [0.15, 0.2) is 32.5 Å². The smallest absolute Gasteiger partial charge is 0.185 e. The predicted octanol–water partition coefficient (Wildman–Crippen LogP) is 3.51. The first kappa shape index (κ1) is 9.68. The van der Waals surface area contributed by atoms with Crippen molar-refractivity contribution in [1.82, 2.24) is 0 Å².